The van der Waals surface area contributed by atoms with E-state index in [9.17, 15) is 18.4 Å². The van der Waals surface area contributed by atoms with Crippen molar-refractivity contribution in [1.29, 1.82) is 0 Å². The maximum absolute atomic E-state index is 13.3. The molecule has 0 saturated carbocycles. The van der Waals surface area contributed by atoms with E-state index in [4.69, 9.17) is 0 Å². The lowest BCUT2D eigenvalue weighted by atomic mass is 9.94. The number of anilines is 2. The summed E-state index contributed by atoms with van der Waals surface area (Å²) < 4.78 is 29.1. The van der Waals surface area contributed by atoms with Crippen LogP contribution in [0.3, 0.4) is 0 Å². The number of carbonyl (C=O) groups is 2. The summed E-state index contributed by atoms with van der Waals surface area (Å²) in [5.74, 6) is 0.226. The van der Waals surface area contributed by atoms with Crippen LogP contribution in [-0.4, -0.2) is 54.4 Å². The van der Waals surface area contributed by atoms with Crippen molar-refractivity contribution in [2.24, 2.45) is 5.92 Å². The van der Waals surface area contributed by atoms with Crippen molar-refractivity contribution in [2.45, 2.75) is 45.1 Å². The van der Waals surface area contributed by atoms with Crippen LogP contribution >= 0.6 is 0 Å². The molecule has 2 aliphatic rings. The molecule has 2 aliphatic heterocycles. The highest BCUT2D eigenvalue weighted by atomic mass is 19.3. The van der Waals surface area contributed by atoms with Gasteiger partial charge >= 0.3 is 6.61 Å². The Morgan fingerprint density at radius 3 is 2.15 bits per heavy atom. The van der Waals surface area contributed by atoms with E-state index in [1.165, 1.54) is 25.0 Å². The number of nitrogens with one attached hydrogen (secondary N) is 1. The maximum atomic E-state index is 13.3. The van der Waals surface area contributed by atoms with Crippen LogP contribution in [-0.2, 0) is 4.79 Å². The minimum Gasteiger partial charge on any atom is -0.435 e. The number of nitrogens with zero attached hydrogens (tertiary/aromatic N) is 2. The zero-order valence-electron chi connectivity index (χ0n) is 19.2. The first-order valence-electron chi connectivity index (χ1n) is 12.0. The average Bonchev–Trinajstić information content (AvgIpc) is 3.14. The summed E-state index contributed by atoms with van der Waals surface area (Å²) in [7, 11) is 0. The standard InChI is InChI=1S/C26H31F2N3O3/c27-26(28)34-21-11-9-20(10-12-21)29-23-8-4-3-7-22(23)25(33)31-17-13-19(14-18-31)24(32)30-15-5-1-2-6-16-30/h3-4,7-12,19,26,29H,1-2,5-6,13-18H2. The number of rotatable bonds is 6. The van der Waals surface area contributed by atoms with Gasteiger partial charge in [-0.2, -0.15) is 8.78 Å². The van der Waals surface area contributed by atoms with Crippen molar-refractivity contribution in [2.75, 3.05) is 31.5 Å². The fourth-order valence-corrected chi connectivity index (χ4v) is 4.70. The molecule has 1 N–H and O–H groups in total. The Kier molecular flexibility index (Phi) is 7.98. The summed E-state index contributed by atoms with van der Waals surface area (Å²) in [6.07, 6.45) is 5.91. The Bertz CT molecular complexity index is 968. The molecule has 2 heterocycles. The molecule has 0 bridgehead atoms. The highest BCUT2D eigenvalue weighted by molar-refractivity contribution is 6.00. The molecular formula is C26H31F2N3O3. The second-order valence-electron chi connectivity index (χ2n) is 8.88. The molecule has 2 fully saturated rings. The maximum Gasteiger partial charge on any atom is 0.387 e. The molecule has 8 heteroatoms. The number of halogens is 2. The van der Waals surface area contributed by atoms with Crippen LogP contribution in [0.15, 0.2) is 48.5 Å². The van der Waals surface area contributed by atoms with Gasteiger partial charge in [-0.25, -0.2) is 0 Å². The summed E-state index contributed by atoms with van der Waals surface area (Å²) in [5.41, 5.74) is 1.83. The van der Waals surface area contributed by atoms with Crippen molar-refractivity contribution in [3.8, 4) is 5.75 Å². The van der Waals surface area contributed by atoms with Gasteiger partial charge in [0.25, 0.3) is 5.91 Å². The molecule has 0 aromatic heterocycles. The van der Waals surface area contributed by atoms with Gasteiger partial charge in [0, 0.05) is 37.8 Å². The summed E-state index contributed by atoms with van der Waals surface area (Å²) in [6.45, 7) is -0.0619. The molecule has 0 aliphatic carbocycles. The second-order valence-corrected chi connectivity index (χ2v) is 8.88. The van der Waals surface area contributed by atoms with Crippen LogP contribution in [0.25, 0.3) is 0 Å². The number of likely N-dealkylation sites (tertiary alicyclic amines) is 2. The Morgan fingerprint density at radius 2 is 1.50 bits per heavy atom. The van der Waals surface area contributed by atoms with Gasteiger partial charge in [-0.1, -0.05) is 25.0 Å². The number of piperidine rings is 1. The van der Waals surface area contributed by atoms with Crippen molar-refractivity contribution >= 4 is 23.2 Å². The molecule has 6 nitrogen and oxygen atoms in total. The highest BCUT2D eigenvalue weighted by Gasteiger charge is 2.31. The number of hydrogen-bond donors (Lipinski definition) is 1. The third kappa shape index (κ3) is 6.04. The molecule has 4 rings (SSSR count). The van der Waals surface area contributed by atoms with Crippen molar-refractivity contribution in [3.63, 3.8) is 0 Å². The fourth-order valence-electron chi connectivity index (χ4n) is 4.70. The number of carbonyl (C=O) groups excluding carboxylic acids is 2. The van der Waals surface area contributed by atoms with Crippen molar-refractivity contribution < 1.29 is 23.1 Å². The van der Waals surface area contributed by atoms with E-state index >= 15 is 0 Å². The van der Waals surface area contributed by atoms with Crippen LogP contribution in [0, 0.1) is 5.92 Å². The van der Waals surface area contributed by atoms with Crippen LogP contribution < -0.4 is 10.1 Å². The zero-order valence-corrected chi connectivity index (χ0v) is 19.2. The van der Waals surface area contributed by atoms with Gasteiger partial charge in [0.1, 0.15) is 5.75 Å². The quantitative estimate of drug-likeness (QED) is 0.622. The first-order valence-corrected chi connectivity index (χ1v) is 12.0. The summed E-state index contributed by atoms with van der Waals surface area (Å²) in [5, 5.41) is 3.20. The predicted octanol–water partition coefficient (Wildman–Crippen LogP) is 5.29. The van der Waals surface area contributed by atoms with Gasteiger partial charge in [-0.15, -0.1) is 0 Å². The van der Waals surface area contributed by atoms with Gasteiger partial charge < -0.3 is 19.9 Å². The predicted molar refractivity (Wildman–Crippen MR) is 126 cm³/mol. The largest absolute Gasteiger partial charge is 0.435 e. The molecule has 34 heavy (non-hydrogen) atoms. The van der Waals surface area contributed by atoms with Crippen molar-refractivity contribution in [3.05, 3.63) is 54.1 Å². The van der Waals surface area contributed by atoms with Gasteiger partial charge in [0.2, 0.25) is 5.91 Å². The monoisotopic (exact) mass is 471 g/mol. The van der Waals surface area contributed by atoms with E-state index < -0.39 is 6.61 Å². The van der Waals surface area contributed by atoms with Gasteiger partial charge in [-0.05, 0) is 62.1 Å². The average molecular weight is 472 g/mol. The zero-order chi connectivity index (χ0) is 23.9. The number of benzene rings is 2. The van der Waals surface area contributed by atoms with E-state index in [-0.39, 0.29) is 23.5 Å². The molecule has 2 aromatic carbocycles. The van der Waals surface area contributed by atoms with Crippen LogP contribution in [0.5, 0.6) is 5.75 Å². The Balaban J connectivity index is 1.37. The molecule has 2 saturated heterocycles. The number of alkyl halides is 2. The first kappa shape index (κ1) is 24.0. The number of para-hydroxylation sites is 1. The first-order chi connectivity index (χ1) is 16.5. The third-order valence-electron chi connectivity index (χ3n) is 6.57. The van der Waals surface area contributed by atoms with Gasteiger partial charge in [0.05, 0.1) is 11.3 Å². The molecule has 0 atom stereocenters. The minimum absolute atomic E-state index is 0.00973. The molecule has 2 aromatic rings. The van der Waals surface area contributed by atoms with E-state index in [0.29, 0.717) is 42.9 Å². The topological polar surface area (TPSA) is 61.9 Å². The lowest BCUT2D eigenvalue weighted by Crippen LogP contribution is -2.44. The highest BCUT2D eigenvalue weighted by Crippen LogP contribution is 2.27. The van der Waals surface area contributed by atoms with E-state index in [1.807, 2.05) is 28.0 Å². The second kappa shape index (κ2) is 11.3. The van der Waals surface area contributed by atoms with Crippen LogP contribution in [0.2, 0.25) is 0 Å². The lowest BCUT2D eigenvalue weighted by Gasteiger charge is -2.34. The Hall–Kier alpha value is -3.16. The van der Waals surface area contributed by atoms with Gasteiger partial charge in [-0.3, -0.25) is 9.59 Å². The normalized spacial score (nSPS) is 17.4. The molecule has 182 valence electrons. The van der Waals surface area contributed by atoms with Crippen LogP contribution in [0.4, 0.5) is 20.2 Å². The summed E-state index contributed by atoms with van der Waals surface area (Å²) >= 11 is 0. The lowest BCUT2D eigenvalue weighted by molar-refractivity contribution is -0.136. The summed E-state index contributed by atoms with van der Waals surface area (Å²) in [4.78, 5) is 30.1. The molecule has 0 unspecified atom stereocenters. The number of hydrogen-bond acceptors (Lipinski definition) is 4. The fraction of sp³-hybridized carbons (Fsp3) is 0.462. The van der Waals surface area contributed by atoms with Crippen molar-refractivity contribution in [1.82, 2.24) is 9.80 Å². The Labute approximate surface area is 198 Å². The molecule has 0 spiro atoms. The van der Waals surface area contributed by atoms with Gasteiger partial charge in [0.15, 0.2) is 0 Å². The summed E-state index contributed by atoms with van der Waals surface area (Å²) in [6, 6.07) is 13.4. The van der Waals surface area contributed by atoms with Crippen LogP contribution in [0.1, 0.15) is 48.9 Å². The molecule has 0 radical (unpaired) electrons. The smallest absolute Gasteiger partial charge is 0.387 e. The Morgan fingerprint density at radius 1 is 0.853 bits per heavy atom. The van der Waals surface area contributed by atoms with E-state index in [2.05, 4.69) is 10.1 Å². The number of amides is 2. The third-order valence-corrected chi connectivity index (χ3v) is 6.57. The molecular weight excluding hydrogens is 440 g/mol. The SMILES string of the molecule is O=C(c1ccccc1Nc1ccc(OC(F)F)cc1)N1CCC(C(=O)N2CCCCCC2)CC1. The number of ether oxygens (including phenoxy) is 1. The van der Waals surface area contributed by atoms with E-state index in [1.54, 1.807) is 18.2 Å². The minimum atomic E-state index is -2.87. The molecule has 2 amide bonds. The van der Waals surface area contributed by atoms with E-state index in [0.717, 1.165) is 25.9 Å².